The van der Waals surface area contributed by atoms with E-state index >= 15 is 0 Å². The summed E-state index contributed by atoms with van der Waals surface area (Å²) >= 11 is 3.39. The molecule has 0 aromatic heterocycles. The van der Waals surface area contributed by atoms with Crippen LogP contribution in [0.2, 0.25) is 0 Å². The number of hydrogen-bond acceptors (Lipinski definition) is 4. The molecule has 1 aromatic rings. The number of carbonyl (C=O) groups is 1. The van der Waals surface area contributed by atoms with Crippen molar-refractivity contribution in [1.82, 2.24) is 4.90 Å². The van der Waals surface area contributed by atoms with Gasteiger partial charge in [0.1, 0.15) is 24.7 Å². The average Bonchev–Trinajstić information content (AvgIpc) is 2.37. The standard InChI is InChI=1S/C13H16BrNO3/c1-15-4-5-17-11(7-15)9-18-13-3-2-10(8-16)6-12(13)14/h2-3,6,8,11H,4-5,7,9H2,1H3. The smallest absolute Gasteiger partial charge is 0.150 e. The Labute approximate surface area is 115 Å². The topological polar surface area (TPSA) is 38.8 Å². The fraction of sp³-hybridized carbons (Fsp3) is 0.462. The van der Waals surface area contributed by atoms with Crippen LogP contribution in [-0.4, -0.2) is 50.6 Å². The molecule has 98 valence electrons. The lowest BCUT2D eigenvalue weighted by Crippen LogP contribution is -2.42. The molecule has 1 aliphatic heterocycles. The predicted octanol–water partition coefficient (Wildman–Crippen LogP) is 1.97. The number of rotatable bonds is 4. The number of carbonyl (C=O) groups excluding carboxylic acids is 1. The van der Waals surface area contributed by atoms with E-state index in [1.54, 1.807) is 18.2 Å². The molecule has 4 nitrogen and oxygen atoms in total. The van der Waals surface area contributed by atoms with E-state index in [1.165, 1.54) is 0 Å². The van der Waals surface area contributed by atoms with Crippen molar-refractivity contribution < 1.29 is 14.3 Å². The van der Waals surface area contributed by atoms with Gasteiger partial charge in [-0.05, 0) is 41.2 Å². The third-order valence-corrected chi connectivity index (χ3v) is 3.48. The highest BCUT2D eigenvalue weighted by molar-refractivity contribution is 9.10. The summed E-state index contributed by atoms with van der Waals surface area (Å²) < 4.78 is 12.1. The molecule has 5 heteroatoms. The van der Waals surface area contributed by atoms with Gasteiger partial charge in [0, 0.05) is 18.7 Å². The van der Waals surface area contributed by atoms with Gasteiger partial charge in [-0.2, -0.15) is 0 Å². The second kappa shape index (κ2) is 6.31. The lowest BCUT2D eigenvalue weighted by molar-refractivity contribution is -0.0404. The van der Waals surface area contributed by atoms with Gasteiger partial charge in [0.2, 0.25) is 0 Å². The second-order valence-corrected chi connectivity index (χ2v) is 5.23. The summed E-state index contributed by atoms with van der Waals surface area (Å²) in [6.07, 6.45) is 0.912. The van der Waals surface area contributed by atoms with Gasteiger partial charge in [0.25, 0.3) is 0 Å². The molecule has 18 heavy (non-hydrogen) atoms. The first kappa shape index (κ1) is 13.5. The number of nitrogens with zero attached hydrogens (tertiary/aromatic N) is 1. The zero-order chi connectivity index (χ0) is 13.0. The SMILES string of the molecule is CN1CCOC(COc2ccc(C=O)cc2Br)C1. The van der Waals surface area contributed by atoms with Crippen molar-refractivity contribution in [2.24, 2.45) is 0 Å². The minimum atomic E-state index is 0.0985. The number of ether oxygens (including phenoxy) is 2. The number of benzene rings is 1. The van der Waals surface area contributed by atoms with Gasteiger partial charge in [-0.3, -0.25) is 4.79 Å². The Balaban J connectivity index is 1.91. The first-order valence-electron chi connectivity index (χ1n) is 5.86. The lowest BCUT2D eigenvalue weighted by Gasteiger charge is -2.29. The van der Waals surface area contributed by atoms with Crippen molar-refractivity contribution in [3.63, 3.8) is 0 Å². The van der Waals surface area contributed by atoms with Crippen molar-refractivity contribution >= 4 is 22.2 Å². The molecule has 0 radical (unpaired) electrons. The molecule has 1 heterocycles. The van der Waals surface area contributed by atoms with Crippen LogP contribution in [0.15, 0.2) is 22.7 Å². The van der Waals surface area contributed by atoms with Crippen LogP contribution in [0.4, 0.5) is 0 Å². The fourth-order valence-electron chi connectivity index (χ4n) is 1.86. The van der Waals surface area contributed by atoms with E-state index in [0.29, 0.717) is 12.2 Å². The maximum Gasteiger partial charge on any atom is 0.150 e. The molecule has 1 aliphatic rings. The minimum absolute atomic E-state index is 0.0985. The van der Waals surface area contributed by atoms with Crippen molar-refractivity contribution in [3.05, 3.63) is 28.2 Å². The molecular formula is C13H16BrNO3. The third-order valence-electron chi connectivity index (χ3n) is 2.86. The molecule has 0 N–H and O–H groups in total. The summed E-state index contributed by atoms with van der Waals surface area (Å²) in [5.41, 5.74) is 0.628. The summed E-state index contributed by atoms with van der Waals surface area (Å²) in [6.45, 7) is 3.11. The Bertz CT molecular complexity index is 425. The van der Waals surface area contributed by atoms with Crippen molar-refractivity contribution in [3.8, 4) is 5.75 Å². The predicted molar refractivity (Wildman–Crippen MR) is 72.3 cm³/mol. The lowest BCUT2D eigenvalue weighted by atomic mass is 10.2. The Morgan fingerprint density at radius 1 is 1.61 bits per heavy atom. The minimum Gasteiger partial charge on any atom is -0.490 e. The van der Waals surface area contributed by atoms with Gasteiger partial charge in [0.15, 0.2) is 0 Å². The Morgan fingerprint density at radius 2 is 2.44 bits per heavy atom. The van der Waals surface area contributed by atoms with Crippen LogP contribution < -0.4 is 4.74 Å². The van der Waals surface area contributed by atoms with E-state index in [0.717, 1.165) is 36.2 Å². The molecule has 0 bridgehead atoms. The van der Waals surface area contributed by atoms with E-state index in [-0.39, 0.29) is 6.10 Å². The molecule has 2 rings (SSSR count). The van der Waals surface area contributed by atoms with E-state index in [4.69, 9.17) is 9.47 Å². The van der Waals surface area contributed by atoms with Gasteiger partial charge in [-0.25, -0.2) is 0 Å². The average molecular weight is 314 g/mol. The maximum atomic E-state index is 10.6. The Kier molecular flexibility index (Phi) is 4.74. The molecular weight excluding hydrogens is 298 g/mol. The zero-order valence-electron chi connectivity index (χ0n) is 10.3. The molecule has 1 fully saturated rings. The Hall–Kier alpha value is -0.910. The number of halogens is 1. The summed E-state index contributed by atoms with van der Waals surface area (Å²) in [4.78, 5) is 12.8. The molecule has 0 saturated carbocycles. The largest absolute Gasteiger partial charge is 0.490 e. The molecule has 0 amide bonds. The van der Waals surface area contributed by atoms with Crippen LogP contribution >= 0.6 is 15.9 Å². The normalized spacial score (nSPS) is 20.7. The van der Waals surface area contributed by atoms with Crippen LogP contribution in [0.5, 0.6) is 5.75 Å². The number of aldehydes is 1. The summed E-state index contributed by atoms with van der Waals surface area (Å²) in [7, 11) is 2.07. The number of morpholine rings is 1. The zero-order valence-corrected chi connectivity index (χ0v) is 11.9. The van der Waals surface area contributed by atoms with Crippen molar-refractivity contribution in [2.45, 2.75) is 6.10 Å². The molecule has 1 saturated heterocycles. The first-order chi connectivity index (χ1) is 8.69. The monoisotopic (exact) mass is 313 g/mol. The van der Waals surface area contributed by atoms with Crippen LogP contribution in [0.25, 0.3) is 0 Å². The van der Waals surface area contributed by atoms with Gasteiger partial charge in [-0.1, -0.05) is 0 Å². The Morgan fingerprint density at radius 3 is 3.11 bits per heavy atom. The van der Waals surface area contributed by atoms with Crippen LogP contribution in [0, 0.1) is 0 Å². The molecule has 1 atom stereocenters. The highest BCUT2D eigenvalue weighted by Gasteiger charge is 2.18. The van der Waals surface area contributed by atoms with Gasteiger partial charge < -0.3 is 14.4 Å². The first-order valence-corrected chi connectivity index (χ1v) is 6.66. The number of hydrogen-bond donors (Lipinski definition) is 0. The highest BCUT2D eigenvalue weighted by Crippen LogP contribution is 2.25. The molecule has 0 spiro atoms. The van der Waals surface area contributed by atoms with Crippen molar-refractivity contribution in [2.75, 3.05) is 33.4 Å². The van der Waals surface area contributed by atoms with Gasteiger partial charge in [-0.15, -0.1) is 0 Å². The molecule has 1 unspecified atom stereocenters. The van der Waals surface area contributed by atoms with E-state index < -0.39 is 0 Å². The molecule has 1 aromatic carbocycles. The number of likely N-dealkylation sites (N-methyl/N-ethyl adjacent to an activating group) is 1. The van der Waals surface area contributed by atoms with Crippen molar-refractivity contribution in [1.29, 1.82) is 0 Å². The summed E-state index contributed by atoms with van der Waals surface area (Å²) in [5.74, 6) is 0.734. The summed E-state index contributed by atoms with van der Waals surface area (Å²) in [5, 5.41) is 0. The van der Waals surface area contributed by atoms with Crippen LogP contribution in [0.1, 0.15) is 10.4 Å². The maximum absolute atomic E-state index is 10.6. The van der Waals surface area contributed by atoms with E-state index in [9.17, 15) is 4.79 Å². The molecule has 0 aliphatic carbocycles. The van der Waals surface area contributed by atoms with Gasteiger partial charge in [0.05, 0.1) is 11.1 Å². The fourth-order valence-corrected chi connectivity index (χ4v) is 2.37. The van der Waals surface area contributed by atoms with E-state index in [1.807, 2.05) is 0 Å². The highest BCUT2D eigenvalue weighted by atomic mass is 79.9. The van der Waals surface area contributed by atoms with Crippen LogP contribution in [0.3, 0.4) is 0 Å². The van der Waals surface area contributed by atoms with Crippen LogP contribution in [-0.2, 0) is 4.74 Å². The van der Waals surface area contributed by atoms with E-state index in [2.05, 4.69) is 27.9 Å². The quantitative estimate of drug-likeness (QED) is 0.797. The van der Waals surface area contributed by atoms with Gasteiger partial charge >= 0.3 is 0 Å². The summed E-state index contributed by atoms with van der Waals surface area (Å²) in [6, 6.07) is 5.28. The second-order valence-electron chi connectivity index (χ2n) is 4.37. The third kappa shape index (κ3) is 3.54.